The van der Waals surface area contributed by atoms with Gasteiger partial charge in [0.05, 0.1) is 0 Å². The highest BCUT2D eigenvalue weighted by atomic mass is 15.0. The number of hydrogen-bond donors (Lipinski definition) is 2. The lowest BCUT2D eigenvalue weighted by atomic mass is 10.1. The van der Waals surface area contributed by atoms with E-state index in [1.165, 1.54) is 24.1 Å². The van der Waals surface area contributed by atoms with Crippen molar-refractivity contribution in [3.8, 4) is 0 Å². The molecule has 1 aliphatic rings. The maximum atomic E-state index is 4.66. The van der Waals surface area contributed by atoms with E-state index in [2.05, 4.69) is 41.6 Å². The Morgan fingerprint density at radius 3 is 2.72 bits per heavy atom. The van der Waals surface area contributed by atoms with Crippen LogP contribution >= 0.6 is 0 Å². The zero-order valence-electron chi connectivity index (χ0n) is 11.6. The maximum Gasteiger partial charge on any atom is 0.126 e. The normalized spacial score (nSPS) is 14.8. The highest BCUT2D eigenvalue weighted by molar-refractivity contribution is 5.39. The van der Waals surface area contributed by atoms with Crippen LogP contribution in [0.5, 0.6) is 0 Å². The molecule has 2 N–H and O–H groups in total. The summed E-state index contributed by atoms with van der Waals surface area (Å²) in [6.07, 6.45) is 6.04. The summed E-state index contributed by atoms with van der Waals surface area (Å²) in [4.78, 5) is 4.66. The first kappa shape index (κ1) is 13.3. The Kier molecular flexibility index (Phi) is 5.00. The molecule has 0 amide bonds. The van der Waals surface area contributed by atoms with E-state index in [4.69, 9.17) is 0 Å². The number of anilines is 1. The van der Waals surface area contributed by atoms with Crippen LogP contribution in [0, 0.1) is 0 Å². The van der Waals surface area contributed by atoms with Crippen LogP contribution in [0.15, 0.2) is 12.1 Å². The second kappa shape index (κ2) is 6.74. The molecule has 0 unspecified atom stereocenters. The molecule has 100 valence electrons. The molecule has 18 heavy (non-hydrogen) atoms. The molecule has 3 nitrogen and oxygen atoms in total. The number of pyridine rings is 1. The van der Waals surface area contributed by atoms with E-state index in [0.717, 1.165) is 44.2 Å². The first-order chi connectivity index (χ1) is 8.81. The molecule has 0 radical (unpaired) electrons. The number of aromatic nitrogens is 1. The van der Waals surface area contributed by atoms with Crippen LogP contribution in [-0.4, -0.2) is 17.6 Å². The molecule has 1 aromatic heterocycles. The molecule has 0 aromatic carbocycles. The van der Waals surface area contributed by atoms with Crippen molar-refractivity contribution in [1.29, 1.82) is 0 Å². The van der Waals surface area contributed by atoms with E-state index in [1.54, 1.807) is 0 Å². The van der Waals surface area contributed by atoms with Gasteiger partial charge < -0.3 is 10.6 Å². The Hall–Kier alpha value is -1.09. The largest absolute Gasteiger partial charge is 0.370 e. The fourth-order valence-corrected chi connectivity index (χ4v) is 2.03. The minimum Gasteiger partial charge on any atom is -0.370 e. The summed E-state index contributed by atoms with van der Waals surface area (Å²) in [6.45, 7) is 6.36. The van der Waals surface area contributed by atoms with Crippen molar-refractivity contribution >= 4 is 5.82 Å². The summed E-state index contributed by atoms with van der Waals surface area (Å²) in [7, 11) is 0. The van der Waals surface area contributed by atoms with E-state index in [9.17, 15) is 0 Å². The summed E-state index contributed by atoms with van der Waals surface area (Å²) in [5.41, 5.74) is 2.57. The summed E-state index contributed by atoms with van der Waals surface area (Å²) in [5, 5.41) is 6.97. The number of nitrogens with one attached hydrogen (secondary N) is 2. The van der Waals surface area contributed by atoms with Gasteiger partial charge in [0.15, 0.2) is 0 Å². The van der Waals surface area contributed by atoms with Gasteiger partial charge in [0.2, 0.25) is 0 Å². The van der Waals surface area contributed by atoms with Crippen LogP contribution < -0.4 is 10.6 Å². The van der Waals surface area contributed by atoms with Gasteiger partial charge >= 0.3 is 0 Å². The van der Waals surface area contributed by atoms with E-state index < -0.39 is 0 Å². The lowest BCUT2D eigenvalue weighted by molar-refractivity contribution is 0.685. The molecule has 1 fully saturated rings. The van der Waals surface area contributed by atoms with Crippen LogP contribution in [-0.2, 0) is 13.0 Å². The minimum atomic E-state index is 0.764. The molecule has 3 heteroatoms. The zero-order valence-corrected chi connectivity index (χ0v) is 11.6. The SMILES string of the molecule is CCCNc1cc(CNC2CC2)cc(CCC)n1. The lowest BCUT2D eigenvalue weighted by Gasteiger charge is -2.10. The second-order valence-corrected chi connectivity index (χ2v) is 5.18. The van der Waals surface area contributed by atoms with Crippen LogP contribution in [0.1, 0.15) is 50.8 Å². The maximum absolute atomic E-state index is 4.66. The summed E-state index contributed by atoms with van der Waals surface area (Å²) in [5.74, 6) is 1.04. The van der Waals surface area contributed by atoms with Crippen LogP contribution in [0.4, 0.5) is 5.82 Å². The highest BCUT2D eigenvalue weighted by Crippen LogP contribution is 2.20. The predicted molar refractivity (Wildman–Crippen MR) is 76.9 cm³/mol. The predicted octanol–water partition coefficient (Wildman–Crippen LogP) is 3.11. The first-order valence-corrected chi connectivity index (χ1v) is 7.29. The lowest BCUT2D eigenvalue weighted by Crippen LogP contribution is -2.16. The Morgan fingerprint density at radius 1 is 1.22 bits per heavy atom. The third-order valence-corrected chi connectivity index (χ3v) is 3.17. The third-order valence-electron chi connectivity index (χ3n) is 3.17. The second-order valence-electron chi connectivity index (χ2n) is 5.18. The fraction of sp³-hybridized carbons (Fsp3) is 0.667. The van der Waals surface area contributed by atoms with Gasteiger partial charge in [-0.05, 0) is 43.4 Å². The molecular weight excluding hydrogens is 222 g/mol. The third kappa shape index (κ3) is 4.30. The number of rotatable bonds is 8. The van der Waals surface area contributed by atoms with Crippen molar-refractivity contribution < 1.29 is 0 Å². The fourth-order valence-electron chi connectivity index (χ4n) is 2.03. The molecule has 0 bridgehead atoms. The smallest absolute Gasteiger partial charge is 0.126 e. The molecule has 1 aromatic rings. The average molecular weight is 247 g/mol. The van der Waals surface area contributed by atoms with Crippen LogP contribution in [0.25, 0.3) is 0 Å². The molecule has 1 aliphatic carbocycles. The molecule has 1 saturated carbocycles. The van der Waals surface area contributed by atoms with E-state index >= 15 is 0 Å². The number of hydrogen-bond acceptors (Lipinski definition) is 3. The van der Waals surface area contributed by atoms with Crippen molar-refractivity contribution in [2.24, 2.45) is 0 Å². The first-order valence-electron chi connectivity index (χ1n) is 7.29. The topological polar surface area (TPSA) is 37.0 Å². The van der Waals surface area contributed by atoms with Gasteiger partial charge in [-0.2, -0.15) is 0 Å². The van der Waals surface area contributed by atoms with Crippen molar-refractivity contribution in [3.63, 3.8) is 0 Å². The Balaban J connectivity index is 2.01. The molecular formula is C15H25N3. The van der Waals surface area contributed by atoms with Crippen molar-refractivity contribution in [2.45, 2.75) is 58.5 Å². The van der Waals surface area contributed by atoms with Gasteiger partial charge in [0, 0.05) is 24.8 Å². The van der Waals surface area contributed by atoms with Crippen LogP contribution in [0.2, 0.25) is 0 Å². The van der Waals surface area contributed by atoms with Crippen molar-refractivity contribution in [2.75, 3.05) is 11.9 Å². The summed E-state index contributed by atoms with van der Waals surface area (Å²) in [6, 6.07) is 5.19. The van der Waals surface area contributed by atoms with Gasteiger partial charge in [-0.25, -0.2) is 4.98 Å². The quantitative estimate of drug-likeness (QED) is 0.741. The molecule has 0 atom stereocenters. The van der Waals surface area contributed by atoms with E-state index in [1.807, 2.05) is 0 Å². The summed E-state index contributed by atoms with van der Waals surface area (Å²) >= 11 is 0. The Morgan fingerprint density at radius 2 is 2.06 bits per heavy atom. The Bertz CT molecular complexity index is 372. The zero-order chi connectivity index (χ0) is 12.8. The number of nitrogens with zero attached hydrogens (tertiary/aromatic N) is 1. The van der Waals surface area contributed by atoms with Gasteiger partial charge in [-0.15, -0.1) is 0 Å². The molecule has 0 saturated heterocycles. The van der Waals surface area contributed by atoms with Gasteiger partial charge in [0.1, 0.15) is 5.82 Å². The van der Waals surface area contributed by atoms with E-state index in [-0.39, 0.29) is 0 Å². The molecule has 1 heterocycles. The van der Waals surface area contributed by atoms with Gasteiger partial charge in [0.25, 0.3) is 0 Å². The average Bonchev–Trinajstić information content (AvgIpc) is 3.18. The van der Waals surface area contributed by atoms with Crippen LogP contribution in [0.3, 0.4) is 0 Å². The standard InChI is InChI=1S/C15H25N3/c1-3-5-14-9-12(11-17-13-6-7-13)10-15(18-14)16-8-4-2/h9-10,13,17H,3-8,11H2,1-2H3,(H,16,18). The number of aryl methyl sites for hydroxylation is 1. The van der Waals surface area contributed by atoms with Gasteiger partial charge in [-0.1, -0.05) is 20.3 Å². The van der Waals surface area contributed by atoms with E-state index in [0.29, 0.717) is 0 Å². The van der Waals surface area contributed by atoms with Crippen molar-refractivity contribution in [3.05, 3.63) is 23.4 Å². The van der Waals surface area contributed by atoms with Crippen molar-refractivity contribution in [1.82, 2.24) is 10.3 Å². The Labute approximate surface area is 110 Å². The molecule has 2 rings (SSSR count). The highest BCUT2D eigenvalue weighted by Gasteiger charge is 2.20. The molecule has 0 aliphatic heterocycles. The monoisotopic (exact) mass is 247 g/mol. The minimum absolute atomic E-state index is 0.764. The summed E-state index contributed by atoms with van der Waals surface area (Å²) < 4.78 is 0. The molecule has 0 spiro atoms. The van der Waals surface area contributed by atoms with Gasteiger partial charge in [-0.3, -0.25) is 0 Å².